The highest BCUT2D eigenvalue weighted by Crippen LogP contribution is 2.37. The van der Waals surface area contributed by atoms with Crippen LogP contribution in [0.25, 0.3) is 10.2 Å². The number of piperidine rings is 1. The molecule has 2 aliphatic heterocycles. The number of fused-ring (bicyclic) bond motifs is 1. The van der Waals surface area contributed by atoms with Gasteiger partial charge in [-0.3, -0.25) is 14.5 Å². The van der Waals surface area contributed by atoms with Crippen LogP contribution in [0, 0.1) is 5.92 Å². The third kappa shape index (κ3) is 5.06. The number of aromatic nitrogens is 1. The van der Waals surface area contributed by atoms with Crippen LogP contribution in [0.5, 0.6) is 0 Å². The van der Waals surface area contributed by atoms with Gasteiger partial charge in [-0.1, -0.05) is 13.0 Å². The fraction of sp³-hybridized carbons (Fsp3) is 0.591. The highest BCUT2D eigenvalue weighted by molar-refractivity contribution is 7.20. The van der Waals surface area contributed by atoms with Crippen LogP contribution < -0.4 is 5.32 Å². The van der Waals surface area contributed by atoms with Crippen molar-refractivity contribution < 1.29 is 19.4 Å². The summed E-state index contributed by atoms with van der Waals surface area (Å²) in [6.45, 7) is 6.12. The Morgan fingerprint density at radius 3 is 2.90 bits per heavy atom. The average Bonchev–Trinajstić information content (AvgIpc) is 3.19. The Hall–Kier alpha value is -2.07. The zero-order valence-corrected chi connectivity index (χ0v) is 18.7. The fourth-order valence-electron chi connectivity index (χ4n) is 4.25. The molecule has 0 radical (unpaired) electrons. The quantitative estimate of drug-likeness (QED) is 0.701. The molecule has 9 heteroatoms. The molecule has 2 aromatic heterocycles. The number of morpholine rings is 1. The van der Waals surface area contributed by atoms with E-state index in [4.69, 9.17) is 9.84 Å². The topological polar surface area (TPSA) is 95.0 Å². The molecule has 2 aliphatic rings. The number of amides is 2. The van der Waals surface area contributed by atoms with E-state index in [1.54, 1.807) is 6.20 Å². The third-order valence-corrected chi connectivity index (χ3v) is 7.21. The van der Waals surface area contributed by atoms with Crippen molar-refractivity contribution in [3.63, 3.8) is 0 Å². The van der Waals surface area contributed by atoms with Crippen LogP contribution in [0.2, 0.25) is 0 Å². The molecule has 0 aliphatic carbocycles. The van der Waals surface area contributed by atoms with Gasteiger partial charge in [0.2, 0.25) is 5.91 Å². The Kier molecular flexibility index (Phi) is 7.16. The van der Waals surface area contributed by atoms with E-state index in [2.05, 4.69) is 22.1 Å². The number of thiophene rings is 1. The maximum atomic E-state index is 13.0. The number of hydrogen-bond donors (Lipinski definition) is 2. The summed E-state index contributed by atoms with van der Waals surface area (Å²) in [5, 5.41) is 12.7. The second kappa shape index (κ2) is 10.0. The lowest BCUT2D eigenvalue weighted by Crippen LogP contribution is -2.48. The van der Waals surface area contributed by atoms with E-state index in [0.717, 1.165) is 47.6 Å². The van der Waals surface area contributed by atoms with Crippen molar-refractivity contribution in [2.24, 2.45) is 5.92 Å². The van der Waals surface area contributed by atoms with Crippen LogP contribution in [0.15, 0.2) is 18.3 Å². The van der Waals surface area contributed by atoms with Crippen molar-refractivity contribution in [2.75, 3.05) is 52.5 Å². The van der Waals surface area contributed by atoms with Crippen molar-refractivity contribution in [3.8, 4) is 0 Å². The molecule has 0 bridgehead atoms. The molecule has 2 fully saturated rings. The normalized spacial score (nSPS) is 20.8. The van der Waals surface area contributed by atoms with Crippen molar-refractivity contribution >= 4 is 33.4 Å². The maximum absolute atomic E-state index is 13.0. The first-order chi connectivity index (χ1) is 15.1. The number of aliphatic hydroxyl groups is 1. The predicted octanol–water partition coefficient (Wildman–Crippen LogP) is 1.65. The number of aliphatic hydroxyl groups excluding tert-OH is 1. The Bertz CT molecular complexity index is 925. The Balaban J connectivity index is 1.52. The van der Waals surface area contributed by atoms with E-state index in [1.807, 2.05) is 17.0 Å². The molecule has 2 N–H and O–H groups in total. The summed E-state index contributed by atoms with van der Waals surface area (Å²) in [6, 6.07) is 3.78. The lowest BCUT2D eigenvalue weighted by Gasteiger charge is -2.36. The SMILES string of the molecule is CC1CCN(CC(=O)N2CCO[C@@H](c3c(C(=O)NCCO)sc4ncccc34)C2)CC1. The molecule has 2 aromatic rings. The Labute approximate surface area is 186 Å². The van der Waals surface area contributed by atoms with E-state index in [9.17, 15) is 9.59 Å². The predicted molar refractivity (Wildman–Crippen MR) is 119 cm³/mol. The van der Waals surface area contributed by atoms with Gasteiger partial charge in [-0.25, -0.2) is 4.98 Å². The van der Waals surface area contributed by atoms with Gasteiger partial charge in [-0.05, 0) is 37.9 Å². The molecule has 2 saturated heterocycles. The smallest absolute Gasteiger partial charge is 0.261 e. The summed E-state index contributed by atoms with van der Waals surface area (Å²) in [6.07, 6.45) is 3.60. The first kappa shape index (κ1) is 22.1. The lowest BCUT2D eigenvalue weighted by atomic mass is 9.99. The van der Waals surface area contributed by atoms with Crippen LogP contribution in [-0.4, -0.2) is 84.2 Å². The molecule has 4 rings (SSSR count). The van der Waals surface area contributed by atoms with E-state index in [1.165, 1.54) is 11.3 Å². The Morgan fingerprint density at radius 2 is 2.13 bits per heavy atom. The molecule has 8 nitrogen and oxygen atoms in total. The van der Waals surface area contributed by atoms with Gasteiger partial charge in [0, 0.05) is 30.2 Å². The third-order valence-electron chi connectivity index (χ3n) is 6.08. The monoisotopic (exact) mass is 446 g/mol. The molecule has 1 atom stereocenters. The molecule has 168 valence electrons. The van der Waals surface area contributed by atoms with Crippen molar-refractivity contribution in [2.45, 2.75) is 25.9 Å². The summed E-state index contributed by atoms with van der Waals surface area (Å²) < 4.78 is 6.05. The molecule has 0 saturated carbocycles. The number of nitrogens with zero attached hydrogens (tertiary/aromatic N) is 3. The van der Waals surface area contributed by atoms with Crippen molar-refractivity contribution in [1.82, 2.24) is 20.1 Å². The van der Waals surface area contributed by atoms with E-state index >= 15 is 0 Å². The number of likely N-dealkylation sites (tertiary alicyclic amines) is 1. The zero-order valence-electron chi connectivity index (χ0n) is 17.9. The maximum Gasteiger partial charge on any atom is 0.261 e. The van der Waals surface area contributed by atoms with E-state index in [0.29, 0.717) is 31.1 Å². The fourth-order valence-corrected chi connectivity index (χ4v) is 5.36. The van der Waals surface area contributed by atoms with Gasteiger partial charge < -0.3 is 20.1 Å². The van der Waals surface area contributed by atoms with E-state index < -0.39 is 0 Å². The highest BCUT2D eigenvalue weighted by Gasteiger charge is 2.32. The van der Waals surface area contributed by atoms with Gasteiger partial charge in [0.15, 0.2) is 0 Å². The van der Waals surface area contributed by atoms with Gasteiger partial charge >= 0.3 is 0 Å². The minimum atomic E-state index is -0.382. The van der Waals surface area contributed by atoms with Gasteiger partial charge in [-0.2, -0.15) is 0 Å². The molecule has 0 spiro atoms. The number of hydrogen-bond acceptors (Lipinski definition) is 7. The van der Waals surface area contributed by atoms with Gasteiger partial charge in [-0.15, -0.1) is 11.3 Å². The number of carbonyl (C=O) groups is 2. The summed E-state index contributed by atoms with van der Waals surface area (Å²) in [5.41, 5.74) is 0.785. The number of pyridine rings is 1. The number of rotatable bonds is 6. The molecule has 0 unspecified atom stereocenters. The number of nitrogens with one attached hydrogen (secondary N) is 1. The molecule has 0 aromatic carbocycles. The summed E-state index contributed by atoms with van der Waals surface area (Å²) in [5.74, 6) is 0.600. The number of ether oxygens (including phenoxy) is 1. The lowest BCUT2D eigenvalue weighted by molar-refractivity contribution is -0.140. The highest BCUT2D eigenvalue weighted by atomic mass is 32.1. The molecular weight excluding hydrogens is 416 g/mol. The Morgan fingerprint density at radius 1 is 1.32 bits per heavy atom. The first-order valence-electron chi connectivity index (χ1n) is 10.9. The van der Waals surface area contributed by atoms with Crippen LogP contribution in [-0.2, 0) is 9.53 Å². The van der Waals surface area contributed by atoms with Crippen LogP contribution >= 0.6 is 11.3 Å². The first-order valence-corrected chi connectivity index (χ1v) is 11.8. The van der Waals surface area contributed by atoms with Gasteiger partial charge in [0.25, 0.3) is 5.91 Å². The molecule has 4 heterocycles. The number of carbonyl (C=O) groups excluding carboxylic acids is 2. The van der Waals surface area contributed by atoms with Crippen LogP contribution in [0.1, 0.15) is 41.1 Å². The summed E-state index contributed by atoms with van der Waals surface area (Å²) in [7, 11) is 0. The average molecular weight is 447 g/mol. The van der Waals surface area contributed by atoms with Gasteiger partial charge in [0.05, 0.1) is 26.3 Å². The second-order valence-electron chi connectivity index (χ2n) is 8.34. The largest absolute Gasteiger partial charge is 0.395 e. The van der Waals surface area contributed by atoms with Crippen LogP contribution in [0.3, 0.4) is 0 Å². The van der Waals surface area contributed by atoms with Crippen LogP contribution in [0.4, 0.5) is 0 Å². The minimum Gasteiger partial charge on any atom is -0.395 e. The summed E-state index contributed by atoms with van der Waals surface area (Å²) >= 11 is 1.32. The molecule has 2 amide bonds. The van der Waals surface area contributed by atoms with Crippen molar-refractivity contribution in [1.29, 1.82) is 0 Å². The van der Waals surface area contributed by atoms with Gasteiger partial charge in [0.1, 0.15) is 15.8 Å². The molecule has 31 heavy (non-hydrogen) atoms. The van der Waals surface area contributed by atoms with E-state index in [-0.39, 0.29) is 31.1 Å². The second-order valence-corrected chi connectivity index (χ2v) is 9.34. The summed E-state index contributed by atoms with van der Waals surface area (Å²) in [4.78, 5) is 35.6. The zero-order chi connectivity index (χ0) is 21.8. The standard InChI is InChI=1S/C22H30N4O4S/c1-15-4-8-25(9-5-15)14-18(28)26-10-12-30-17(13-26)19-16-3-2-6-24-22(16)31-20(19)21(29)23-7-11-27/h2-3,6,15,17,27H,4-5,7-14H2,1H3,(H,23,29)/t17-/m1/s1. The minimum absolute atomic E-state index is 0.117. The van der Waals surface area contributed by atoms with Crippen molar-refractivity contribution in [3.05, 3.63) is 28.8 Å². The molecular formula is C22H30N4O4S.